The lowest BCUT2D eigenvalue weighted by molar-refractivity contribution is 0.200. The summed E-state index contributed by atoms with van der Waals surface area (Å²) in [6, 6.07) is 6.31. The number of ether oxygens (including phenoxy) is 1. The normalized spacial score (nSPS) is 14.7. The van der Waals surface area contributed by atoms with Gasteiger partial charge in [0.05, 0.1) is 12.6 Å². The lowest BCUT2D eigenvalue weighted by atomic mass is 10.0. The zero-order valence-electron chi connectivity index (χ0n) is 14.3. The Morgan fingerprint density at radius 3 is 2.59 bits per heavy atom. The van der Waals surface area contributed by atoms with Gasteiger partial charge in [0.2, 0.25) is 0 Å². The summed E-state index contributed by atoms with van der Waals surface area (Å²) in [6.45, 7) is 10.3. The SMILES string of the molecule is Cc1cc(CC[C@@H](C)N[S@+]([O-])C(C)(C)C)ccc1OCCO. The molecule has 0 radical (unpaired) electrons. The Morgan fingerprint density at radius 2 is 2.05 bits per heavy atom. The summed E-state index contributed by atoms with van der Waals surface area (Å²) in [4.78, 5) is 0. The fraction of sp³-hybridized carbons (Fsp3) is 0.647. The molecule has 2 atom stereocenters. The molecule has 0 unspecified atom stereocenters. The molecule has 0 aromatic heterocycles. The first-order valence-electron chi connectivity index (χ1n) is 7.75. The van der Waals surface area contributed by atoms with E-state index in [1.807, 2.05) is 39.8 Å². The Bertz CT molecular complexity index is 460. The number of aryl methyl sites for hydroxylation is 2. The minimum atomic E-state index is -1.03. The molecule has 126 valence electrons. The van der Waals surface area contributed by atoms with E-state index in [2.05, 4.69) is 17.7 Å². The average molecular weight is 327 g/mol. The van der Waals surface area contributed by atoms with E-state index in [9.17, 15) is 4.55 Å². The average Bonchev–Trinajstić information content (AvgIpc) is 2.43. The van der Waals surface area contributed by atoms with Gasteiger partial charge in [-0.25, -0.2) is 0 Å². The van der Waals surface area contributed by atoms with Crippen LogP contribution in [0.3, 0.4) is 0 Å². The Morgan fingerprint density at radius 1 is 1.36 bits per heavy atom. The minimum Gasteiger partial charge on any atom is -0.598 e. The van der Waals surface area contributed by atoms with Crippen molar-refractivity contribution in [1.82, 2.24) is 4.72 Å². The van der Waals surface area contributed by atoms with Crippen molar-refractivity contribution in [2.45, 2.75) is 58.2 Å². The van der Waals surface area contributed by atoms with Crippen LogP contribution in [0.5, 0.6) is 5.75 Å². The number of rotatable bonds is 8. The zero-order valence-corrected chi connectivity index (χ0v) is 15.1. The molecule has 0 amide bonds. The van der Waals surface area contributed by atoms with Gasteiger partial charge in [0.25, 0.3) is 0 Å². The largest absolute Gasteiger partial charge is 0.598 e. The smallest absolute Gasteiger partial charge is 0.136 e. The molecule has 1 aromatic carbocycles. The molecule has 0 aliphatic heterocycles. The maximum atomic E-state index is 12.0. The molecule has 0 saturated carbocycles. The van der Waals surface area contributed by atoms with Gasteiger partial charge in [-0.3, -0.25) is 0 Å². The summed E-state index contributed by atoms with van der Waals surface area (Å²) < 4.78 is 20.4. The number of hydrogen-bond acceptors (Lipinski definition) is 4. The molecule has 0 fully saturated rings. The van der Waals surface area contributed by atoms with Crippen molar-refractivity contribution in [1.29, 1.82) is 0 Å². The highest BCUT2D eigenvalue weighted by Crippen LogP contribution is 2.20. The molecule has 1 rings (SSSR count). The standard InChI is InChI=1S/C17H29NO3S/c1-13-12-15(8-9-16(13)21-11-10-19)7-6-14(2)18-22(20)17(3,4)5/h8-9,12,14,18-19H,6-7,10-11H2,1-5H3/t14-,22-/m1/s1. The predicted octanol–water partition coefficient (Wildman–Crippen LogP) is 2.74. The zero-order chi connectivity index (χ0) is 16.8. The topological polar surface area (TPSA) is 64.5 Å². The van der Waals surface area contributed by atoms with Gasteiger partial charge in [-0.15, -0.1) is 4.72 Å². The Labute approximate surface area is 137 Å². The summed E-state index contributed by atoms with van der Waals surface area (Å²) in [6.07, 6.45) is 1.86. The summed E-state index contributed by atoms with van der Waals surface area (Å²) >= 11 is -1.03. The first kappa shape index (κ1) is 19.3. The van der Waals surface area contributed by atoms with Crippen LogP contribution >= 0.6 is 0 Å². The van der Waals surface area contributed by atoms with Crippen molar-refractivity contribution in [3.63, 3.8) is 0 Å². The quantitative estimate of drug-likeness (QED) is 0.721. The maximum Gasteiger partial charge on any atom is 0.136 e. The van der Waals surface area contributed by atoms with Crippen molar-refractivity contribution in [2.75, 3.05) is 13.2 Å². The Hall–Kier alpha value is -0.750. The van der Waals surface area contributed by atoms with Crippen LogP contribution in [-0.4, -0.2) is 33.7 Å². The van der Waals surface area contributed by atoms with Crippen molar-refractivity contribution < 1.29 is 14.4 Å². The van der Waals surface area contributed by atoms with Crippen molar-refractivity contribution in [3.8, 4) is 5.75 Å². The highest BCUT2D eigenvalue weighted by Gasteiger charge is 2.27. The lowest BCUT2D eigenvalue weighted by Gasteiger charge is -2.26. The molecule has 0 heterocycles. The van der Waals surface area contributed by atoms with Gasteiger partial charge in [0.1, 0.15) is 17.1 Å². The van der Waals surface area contributed by atoms with Gasteiger partial charge in [0.15, 0.2) is 0 Å². The first-order chi connectivity index (χ1) is 10.2. The van der Waals surface area contributed by atoms with Crippen molar-refractivity contribution in [3.05, 3.63) is 29.3 Å². The van der Waals surface area contributed by atoms with E-state index in [-0.39, 0.29) is 17.4 Å². The third-order valence-corrected chi connectivity index (χ3v) is 5.05. The second-order valence-electron chi connectivity index (χ2n) is 6.61. The van der Waals surface area contributed by atoms with Gasteiger partial charge in [-0.1, -0.05) is 12.1 Å². The molecule has 4 nitrogen and oxygen atoms in total. The van der Waals surface area contributed by atoms with E-state index in [0.29, 0.717) is 6.61 Å². The molecular weight excluding hydrogens is 298 g/mol. The predicted molar refractivity (Wildman–Crippen MR) is 92.6 cm³/mol. The molecule has 1 aromatic rings. The third kappa shape index (κ3) is 6.57. The van der Waals surface area contributed by atoms with Crippen LogP contribution in [0.2, 0.25) is 0 Å². The van der Waals surface area contributed by atoms with Gasteiger partial charge < -0.3 is 14.4 Å². The molecule has 0 saturated heterocycles. The summed E-state index contributed by atoms with van der Waals surface area (Å²) in [7, 11) is 0. The fourth-order valence-electron chi connectivity index (χ4n) is 1.99. The van der Waals surface area contributed by atoms with Crippen LogP contribution in [-0.2, 0) is 17.8 Å². The van der Waals surface area contributed by atoms with Crippen LogP contribution in [0.25, 0.3) is 0 Å². The number of aliphatic hydroxyl groups is 1. The second-order valence-corrected chi connectivity index (χ2v) is 8.61. The van der Waals surface area contributed by atoms with E-state index in [0.717, 1.165) is 24.2 Å². The molecule has 0 aliphatic carbocycles. The second kappa shape index (κ2) is 8.77. The van der Waals surface area contributed by atoms with Crippen LogP contribution < -0.4 is 9.46 Å². The third-order valence-electron chi connectivity index (χ3n) is 3.32. The van der Waals surface area contributed by atoms with Crippen LogP contribution in [0.15, 0.2) is 18.2 Å². The van der Waals surface area contributed by atoms with Gasteiger partial charge in [0, 0.05) is 11.4 Å². The van der Waals surface area contributed by atoms with Gasteiger partial charge in [-0.2, -0.15) is 0 Å². The lowest BCUT2D eigenvalue weighted by Crippen LogP contribution is -2.43. The number of benzene rings is 1. The van der Waals surface area contributed by atoms with E-state index in [4.69, 9.17) is 9.84 Å². The first-order valence-corrected chi connectivity index (χ1v) is 8.90. The minimum absolute atomic E-state index is 0.0231. The van der Waals surface area contributed by atoms with Crippen LogP contribution in [0.1, 0.15) is 45.2 Å². The fourth-order valence-corrected chi connectivity index (χ4v) is 2.82. The molecule has 0 bridgehead atoms. The Balaban J connectivity index is 2.49. The molecule has 5 heteroatoms. The summed E-state index contributed by atoms with van der Waals surface area (Å²) in [5, 5.41) is 8.79. The van der Waals surface area contributed by atoms with E-state index < -0.39 is 11.4 Å². The van der Waals surface area contributed by atoms with Crippen LogP contribution in [0.4, 0.5) is 0 Å². The van der Waals surface area contributed by atoms with Gasteiger partial charge in [-0.05, 0) is 64.7 Å². The van der Waals surface area contributed by atoms with Crippen LogP contribution in [0, 0.1) is 6.92 Å². The van der Waals surface area contributed by atoms with Crippen molar-refractivity contribution >= 4 is 11.4 Å². The van der Waals surface area contributed by atoms with E-state index in [1.54, 1.807) is 0 Å². The molecular formula is C17H29NO3S. The molecule has 22 heavy (non-hydrogen) atoms. The van der Waals surface area contributed by atoms with E-state index >= 15 is 0 Å². The highest BCUT2D eigenvalue weighted by molar-refractivity contribution is 7.90. The van der Waals surface area contributed by atoms with E-state index in [1.165, 1.54) is 5.56 Å². The monoisotopic (exact) mass is 327 g/mol. The molecule has 0 aliphatic rings. The summed E-state index contributed by atoms with van der Waals surface area (Å²) in [5.74, 6) is 0.817. The number of hydrogen-bond donors (Lipinski definition) is 2. The van der Waals surface area contributed by atoms with Gasteiger partial charge >= 0.3 is 0 Å². The number of aliphatic hydroxyl groups excluding tert-OH is 1. The van der Waals surface area contributed by atoms with Crippen molar-refractivity contribution in [2.24, 2.45) is 0 Å². The molecule has 2 N–H and O–H groups in total. The summed E-state index contributed by atoms with van der Waals surface area (Å²) in [5.41, 5.74) is 2.31. The number of nitrogens with one attached hydrogen (secondary N) is 1. The molecule has 0 spiro atoms. The Kier molecular flexibility index (Phi) is 7.69. The highest BCUT2D eigenvalue weighted by atomic mass is 32.2. The maximum absolute atomic E-state index is 12.0.